The number of alkyl halides is 1. The molecule has 2 aromatic rings. The maximum absolute atomic E-state index is 14.1. The normalized spacial score (nSPS) is 27.3. The lowest BCUT2D eigenvalue weighted by Gasteiger charge is -2.52. The molecular weight excluding hydrogens is 343 g/mol. The van der Waals surface area contributed by atoms with E-state index in [1.54, 1.807) is 0 Å². The van der Waals surface area contributed by atoms with E-state index < -0.39 is 5.67 Å². The Bertz CT molecular complexity index is 852. The first-order valence-corrected chi connectivity index (χ1v) is 9.59. The molecule has 1 heterocycles. The quantitative estimate of drug-likeness (QED) is 0.705. The molecule has 3 aliphatic rings. The number of hydrogen-bond acceptors (Lipinski definition) is 4. The Morgan fingerprint density at radius 2 is 1.93 bits per heavy atom. The topological polar surface area (TPSA) is 55.3 Å². The third-order valence-corrected chi connectivity index (χ3v) is 6.45. The fourth-order valence-electron chi connectivity index (χ4n) is 4.52. The van der Waals surface area contributed by atoms with Crippen LogP contribution < -0.4 is 5.32 Å². The van der Waals surface area contributed by atoms with Crippen LogP contribution in [0.15, 0.2) is 28.8 Å². The molecule has 0 radical (unpaired) electrons. The van der Waals surface area contributed by atoms with E-state index in [4.69, 9.17) is 11.1 Å². The fourth-order valence-corrected chi connectivity index (χ4v) is 4.52. The molecule has 5 nitrogen and oxygen atoms in total. The molecule has 0 unspecified atom stereocenters. The molecule has 5 rings (SSSR count). The number of aromatic nitrogens is 2. The zero-order valence-electron chi connectivity index (χ0n) is 15.9. The van der Waals surface area contributed by atoms with Crippen LogP contribution in [0.3, 0.4) is 0 Å². The average Bonchev–Trinajstić information content (AvgIpc) is 3.20. The summed E-state index contributed by atoms with van der Waals surface area (Å²) in [6.45, 7) is 11.0. The van der Waals surface area contributed by atoms with Crippen LogP contribution >= 0.6 is 0 Å². The first-order valence-electron chi connectivity index (χ1n) is 9.59. The van der Waals surface area contributed by atoms with Crippen LogP contribution in [0.2, 0.25) is 0 Å². The highest BCUT2D eigenvalue weighted by Crippen LogP contribution is 2.57. The molecular formula is C21H25FN4O. The molecule has 0 atom stereocenters. The van der Waals surface area contributed by atoms with Crippen molar-refractivity contribution >= 4 is 11.4 Å². The number of anilines is 1. The molecule has 3 fully saturated rings. The molecule has 0 spiro atoms. The minimum Gasteiger partial charge on any atom is -0.386 e. The number of benzene rings is 1. The largest absolute Gasteiger partial charge is 0.386 e. The van der Waals surface area contributed by atoms with E-state index in [9.17, 15) is 4.39 Å². The van der Waals surface area contributed by atoms with Crippen molar-refractivity contribution in [1.82, 2.24) is 10.1 Å². The molecule has 3 saturated carbocycles. The third-order valence-electron chi connectivity index (χ3n) is 6.45. The molecule has 1 aromatic heterocycles. The molecule has 2 bridgehead atoms. The summed E-state index contributed by atoms with van der Waals surface area (Å²) in [7, 11) is 0. The van der Waals surface area contributed by atoms with Crippen molar-refractivity contribution in [3.05, 3.63) is 47.4 Å². The summed E-state index contributed by atoms with van der Waals surface area (Å²) < 4.78 is 19.3. The predicted octanol–water partition coefficient (Wildman–Crippen LogP) is 5.53. The van der Waals surface area contributed by atoms with Gasteiger partial charge in [0.15, 0.2) is 17.2 Å². The number of nitrogens with one attached hydrogen (secondary N) is 1. The number of hydrogen-bond donors (Lipinski definition) is 1. The lowest BCUT2D eigenvalue weighted by molar-refractivity contribution is 0.0445. The lowest BCUT2D eigenvalue weighted by atomic mass is 9.53. The van der Waals surface area contributed by atoms with Crippen LogP contribution in [0.25, 0.3) is 4.85 Å². The van der Waals surface area contributed by atoms with E-state index in [1.165, 1.54) is 13.8 Å². The van der Waals surface area contributed by atoms with E-state index in [2.05, 4.69) is 20.3 Å². The molecule has 3 aliphatic carbocycles. The van der Waals surface area contributed by atoms with Crippen molar-refractivity contribution in [1.29, 1.82) is 0 Å². The molecule has 6 heteroatoms. The molecule has 0 aliphatic heterocycles. The van der Waals surface area contributed by atoms with E-state index in [0.717, 1.165) is 50.8 Å². The van der Waals surface area contributed by atoms with Gasteiger partial charge in [-0.05, 0) is 69.9 Å². The average molecular weight is 368 g/mol. The Hall–Kier alpha value is -2.42. The van der Waals surface area contributed by atoms with Crippen molar-refractivity contribution in [3.63, 3.8) is 0 Å². The Morgan fingerprint density at radius 1 is 1.22 bits per heavy atom. The summed E-state index contributed by atoms with van der Waals surface area (Å²) in [5.74, 6) is 0.768. The Labute approximate surface area is 159 Å². The predicted molar refractivity (Wildman–Crippen MR) is 101 cm³/mol. The second kappa shape index (κ2) is 6.33. The minimum atomic E-state index is -1.60. The summed E-state index contributed by atoms with van der Waals surface area (Å²) in [5, 5.41) is 7.68. The van der Waals surface area contributed by atoms with Crippen LogP contribution in [0, 0.1) is 12.0 Å². The van der Waals surface area contributed by atoms with Crippen molar-refractivity contribution < 1.29 is 8.91 Å². The Morgan fingerprint density at radius 3 is 2.52 bits per heavy atom. The zero-order chi connectivity index (χ0) is 19.1. The van der Waals surface area contributed by atoms with Gasteiger partial charge in [0.05, 0.1) is 6.57 Å². The summed E-state index contributed by atoms with van der Waals surface area (Å²) in [5.41, 5.74) is 0.292. The third kappa shape index (κ3) is 3.31. The van der Waals surface area contributed by atoms with Gasteiger partial charge in [-0.1, -0.05) is 17.3 Å². The van der Waals surface area contributed by atoms with Gasteiger partial charge in [0.2, 0.25) is 0 Å². The van der Waals surface area contributed by atoms with Crippen molar-refractivity contribution in [2.75, 3.05) is 11.9 Å². The molecule has 1 N–H and O–H groups in total. The second-order valence-electron chi connectivity index (χ2n) is 8.69. The van der Waals surface area contributed by atoms with E-state index in [1.807, 2.05) is 24.3 Å². The zero-order valence-corrected chi connectivity index (χ0v) is 15.9. The highest BCUT2D eigenvalue weighted by molar-refractivity contribution is 5.57. The Balaban J connectivity index is 1.43. The minimum absolute atomic E-state index is 0.0568. The monoisotopic (exact) mass is 368 g/mol. The Kier molecular flexibility index (Phi) is 4.21. The second-order valence-corrected chi connectivity index (χ2v) is 8.69. The summed E-state index contributed by atoms with van der Waals surface area (Å²) >= 11 is 0. The number of nitrogens with zero attached hydrogens (tertiary/aromatic N) is 3. The van der Waals surface area contributed by atoms with Gasteiger partial charge in [0.1, 0.15) is 0 Å². The standard InChI is InChI=1S/C21H25FN4O/c1-19(2,22)18-25-17(26-27-18)21-10-7-20(8-11-21,9-12-21)14-24-16-6-4-5-15(13-16)23-3/h4-6,13,24H,7-12,14H2,1-2H3. The van der Waals surface area contributed by atoms with Gasteiger partial charge in [-0.25, -0.2) is 9.24 Å². The smallest absolute Gasteiger partial charge is 0.263 e. The van der Waals surface area contributed by atoms with Crippen LogP contribution in [0.4, 0.5) is 15.8 Å². The summed E-state index contributed by atoms with van der Waals surface area (Å²) in [6.07, 6.45) is 6.36. The van der Waals surface area contributed by atoms with Gasteiger partial charge in [-0.3, -0.25) is 0 Å². The number of halogens is 1. The molecule has 27 heavy (non-hydrogen) atoms. The molecule has 142 valence electrons. The van der Waals surface area contributed by atoms with Gasteiger partial charge in [-0.15, -0.1) is 0 Å². The van der Waals surface area contributed by atoms with Gasteiger partial charge in [0.25, 0.3) is 5.89 Å². The van der Waals surface area contributed by atoms with E-state index >= 15 is 0 Å². The van der Waals surface area contributed by atoms with Crippen LogP contribution in [0.1, 0.15) is 64.1 Å². The molecule has 0 saturated heterocycles. The first kappa shape index (κ1) is 18.0. The summed E-state index contributed by atoms with van der Waals surface area (Å²) in [6, 6.07) is 7.66. The SMILES string of the molecule is [C-]#[N+]c1cccc(NCC23CCC(c4noc(C(C)(C)F)n4)(CC2)CC3)c1. The number of rotatable bonds is 5. The van der Waals surface area contributed by atoms with Gasteiger partial charge in [-0.2, -0.15) is 4.98 Å². The maximum Gasteiger partial charge on any atom is 0.263 e. The molecule has 1 aromatic carbocycles. The number of fused-ring (bicyclic) bond motifs is 3. The van der Waals surface area contributed by atoms with Gasteiger partial charge >= 0.3 is 0 Å². The van der Waals surface area contributed by atoms with Crippen molar-refractivity contribution in [2.45, 2.75) is 63.5 Å². The van der Waals surface area contributed by atoms with Gasteiger partial charge < -0.3 is 9.84 Å². The van der Waals surface area contributed by atoms with Crippen molar-refractivity contribution in [3.8, 4) is 0 Å². The van der Waals surface area contributed by atoms with Crippen LogP contribution in [-0.4, -0.2) is 16.7 Å². The molecule has 0 amide bonds. The van der Waals surface area contributed by atoms with E-state index in [-0.39, 0.29) is 16.7 Å². The van der Waals surface area contributed by atoms with E-state index in [0.29, 0.717) is 11.5 Å². The lowest BCUT2D eigenvalue weighted by Crippen LogP contribution is -2.47. The van der Waals surface area contributed by atoms with Crippen LogP contribution in [0.5, 0.6) is 0 Å². The highest BCUT2D eigenvalue weighted by Gasteiger charge is 2.51. The highest BCUT2D eigenvalue weighted by atomic mass is 19.1. The van der Waals surface area contributed by atoms with Crippen molar-refractivity contribution in [2.24, 2.45) is 5.41 Å². The van der Waals surface area contributed by atoms with Crippen LogP contribution in [-0.2, 0) is 11.1 Å². The first-order chi connectivity index (χ1) is 12.8. The van der Waals surface area contributed by atoms with Gasteiger partial charge in [0, 0.05) is 17.6 Å². The summed E-state index contributed by atoms with van der Waals surface area (Å²) in [4.78, 5) is 7.91. The fraction of sp³-hybridized carbons (Fsp3) is 0.571. The maximum atomic E-state index is 14.1.